The molecule has 1 saturated heterocycles. The minimum Gasteiger partial charge on any atom is -0.488 e. The number of benzene rings is 4. The Balaban J connectivity index is 1.03. The van der Waals surface area contributed by atoms with Gasteiger partial charge >= 0.3 is 5.97 Å². The molecule has 0 unspecified atom stereocenters. The Hall–Kier alpha value is -6.62. The van der Waals surface area contributed by atoms with Crippen LogP contribution in [0, 0.1) is 23.0 Å². The summed E-state index contributed by atoms with van der Waals surface area (Å²) in [5, 5.41) is 18.4. The van der Waals surface area contributed by atoms with Gasteiger partial charge in [0, 0.05) is 19.6 Å². The maximum absolute atomic E-state index is 13.4. The zero-order valence-electron chi connectivity index (χ0n) is 29.2. The first-order chi connectivity index (χ1) is 27.0. The van der Waals surface area contributed by atoms with Crippen molar-refractivity contribution in [3.05, 3.63) is 138 Å². The second kappa shape index (κ2) is 16.0. The molecule has 56 heavy (non-hydrogen) atoms. The van der Waals surface area contributed by atoms with Crippen LogP contribution >= 0.6 is 0 Å². The molecule has 286 valence electrons. The molecule has 19 heteroatoms. The van der Waals surface area contributed by atoms with Crippen LogP contribution < -0.4 is 13.3 Å². The predicted octanol–water partition coefficient (Wildman–Crippen LogP) is 4.59. The number of nitrogens with zero attached hydrogens (tertiary/aromatic N) is 8. The molecule has 0 radical (unpaired) electrons. The average molecular weight is 801 g/mol. The Labute approximate surface area is 321 Å². The number of carbonyl (C=O) groups excluding carboxylic acids is 1. The smallest absolute Gasteiger partial charge is 0.340 e. The van der Waals surface area contributed by atoms with Gasteiger partial charge in [0.2, 0.25) is 21.8 Å². The number of anilines is 4. The lowest BCUT2D eigenvalue weighted by Crippen LogP contribution is -2.53. The van der Waals surface area contributed by atoms with Crippen molar-refractivity contribution in [2.45, 2.75) is 12.6 Å². The van der Waals surface area contributed by atoms with Crippen molar-refractivity contribution in [2.24, 2.45) is 0 Å². The maximum atomic E-state index is 13.4. The molecule has 1 fully saturated rings. The van der Waals surface area contributed by atoms with Crippen LogP contribution in [0.25, 0.3) is 11.4 Å². The fourth-order valence-corrected chi connectivity index (χ4v) is 7.42. The van der Waals surface area contributed by atoms with Gasteiger partial charge in [0.05, 0.1) is 77.1 Å². The van der Waals surface area contributed by atoms with Crippen molar-refractivity contribution in [1.82, 2.24) is 24.5 Å². The van der Waals surface area contributed by atoms with E-state index in [4.69, 9.17) is 9.47 Å². The van der Waals surface area contributed by atoms with Crippen LogP contribution in [-0.4, -0.2) is 73.6 Å². The van der Waals surface area contributed by atoms with E-state index in [0.29, 0.717) is 36.8 Å². The normalized spacial score (nSPS) is 13.0. The summed E-state index contributed by atoms with van der Waals surface area (Å²) in [6, 6.07) is 22.3. The van der Waals surface area contributed by atoms with Crippen molar-refractivity contribution >= 4 is 50.5 Å². The van der Waals surface area contributed by atoms with Crippen LogP contribution in [0.3, 0.4) is 0 Å². The van der Waals surface area contributed by atoms with Crippen LogP contribution in [0.15, 0.2) is 110 Å². The number of esters is 1. The first-order valence-corrected chi connectivity index (χ1v) is 18.9. The van der Waals surface area contributed by atoms with E-state index in [1.165, 1.54) is 108 Å². The number of carbonyl (C=O) groups is 1. The monoisotopic (exact) mass is 800 g/mol. The van der Waals surface area contributed by atoms with Gasteiger partial charge in [-0.3, -0.25) is 4.90 Å². The topological polar surface area (TPSA) is 173 Å². The second-order valence-electron chi connectivity index (χ2n) is 12.4. The summed E-state index contributed by atoms with van der Waals surface area (Å²) >= 11 is 0. The van der Waals surface area contributed by atoms with E-state index >= 15 is 0 Å². The van der Waals surface area contributed by atoms with E-state index in [0.717, 1.165) is 14.2 Å². The molecule has 3 heterocycles. The number of likely N-dealkylation sites (tertiary alicyclic amines) is 1. The number of methoxy groups -OCH3 is 1. The summed E-state index contributed by atoms with van der Waals surface area (Å²) < 4.78 is 92.5. The minimum atomic E-state index is -3.31. The molecule has 0 aliphatic carbocycles. The quantitative estimate of drug-likeness (QED) is 0.124. The standard InChI is InChI=1S/C37H30F2N8O7S2/c1-53-37(48)34-15-32(11-13-36(34)47(56(51)52)31-18-42-45(21-31)29-9-5-27(39)6-10-29)54-33-22-43(23-33)19-24-2-12-35(25(14-24)16-40)46(55(49)50)30-17-41-44(20-30)28-7-3-26(38)4-8-28/h2-15,17-18,20-21,33,55-56H,19,22-23H2,1H3. The zero-order valence-corrected chi connectivity index (χ0v) is 31.0. The van der Waals surface area contributed by atoms with E-state index in [1.54, 1.807) is 18.2 Å². The van der Waals surface area contributed by atoms with Crippen LogP contribution in [-0.2, 0) is 33.1 Å². The van der Waals surface area contributed by atoms with Gasteiger partial charge in [0.25, 0.3) is 0 Å². The molecule has 0 spiro atoms. The third-order valence-electron chi connectivity index (χ3n) is 8.78. The summed E-state index contributed by atoms with van der Waals surface area (Å²) in [7, 11) is -5.36. The Morgan fingerprint density at radius 2 is 1.34 bits per heavy atom. The van der Waals surface area contributed by atoms with Crippen LogP contribution in [0.2, 0.25) is 0 Å². The van der Waals surface area contributed by atoms with Gasteiger partial charge in [0.1, 0.15) is 29.6 Å². The van der Waals surface area contributed by atoms with E-state index in [9.17, 15) is 35.7 Å². The van der Waals surface area contributed by atoms with Crippen LogP contribution in [0.1, 0.15) is 21.5 Å². The maximum Gasteiger partial charge on any atom is 0.340 e. The van der Waals surface area contributed by atoms with Gasteiger partial charge in [-0.1, -0.05) is 6.07 Å². The molecule has 4 aromatic carbocycles. The Morgan fingerprint density at radius 1 is 0.804 bits per heavy atom. The van der Waals surface area contributed by atoms with E-state index < -0.39 is 39.4 Å². The minimum absolute atomic E-state index is 0.00717. The highest BCUT2D eigenvalue weighted by atomic mass is 32.2. The van der Waals surface area contributed by atoms with E-state index in [1.807, 2.05) is 4.90 Å². The highest BCUT2D eigenvalue weighted by Gasteiger charge is 2.30. The molecule has 0 bridgehead atoms. The fraction of sp³-hybridized carbons (Fsp3) is 0.135. The lowest BCUT2D eigenvalue weighted by Gasteiger charge is -2.39. The SMILES string of the molecule is COC(=O)c1cc(OC2CN(Cc3ccc(N(c4cnn(-c5ccc(F)cc5)c4)[SH](=O)=O)c(C#N)c3)C2)ccc1N(c1cnn(-c2ccc(F)cc2)c1)[SH](=O)=O. The molecule has 6 aromatic rings. The number of rotatable bonds is 13. The number of halogens is 2. The Kier molecular flexibility index (Phi) is 10.8. The number of ether oxygens (including phenoxy) is 2. The highest BCUT2D eigenvalue weighted by molar-refractivity contribution is 7.74. The molecule has 0 N–H and O–H groups in total. The van der Waals surface area contributed by atoms with Gasteiger partial charge in [0.15, 0.2) is 0 Å². The van der Waals surface area contributed by atoms with Crippen molar-refractivity contribution in [1.29, 1.82) is 5.26 Å². The molecule has 2 aromatic heterocycles. The first-order valence-electron chi connectivity index (χ1n) is 16.7. The first kappa shape index (κ1) is 37.7. The van der Waals surface area contributed by atoms with Gasteiger partial charge < -0.3 is 9.47 Å². The summed E-state index contributed by atoms with van der Waals surface area (Å²) in [6.07, 6.45) is 5.22. The number of hydrogen-bond donors (Lipinski definition) is 2. The zero-order chi connectivity index (χ0) is 39.5. The van der Waals surface area contributed by atoms with Gasteiger partial charge in [-0.15, -0.1) is 0 Å². The van der Waals surface area contributed by atoms with Crippen molar-refractivity contribution in [3.8, 4) is 23.2 Å². The largest absolute Gasteiger partial charge is 0.488 e. The molecule has 0 amide bonds. The number of nitriles is 1. The lowest BCUT2D eigenvalue weighted by molar-refractivity contribution is 0.0144. The molecule has 1 aliphatic heterocycles. The molecular formula is C37H30F2N8O7S2. The Morgan fingerprint density at radius 3 is 1.86 bits per heavy atom. The fourth-order valence-electron chi connectivity index (χ4n) is 6.14. The predicted molar refractivity (Wildman–Crippen MR) is 201 cm³/mol. The number of thiol groups is 2. The number of aromatic nitrogens is 4. The highest BCUT2D eigenvalue weighted by Crippen LogP contribution is 2.34. The van der Waals surface area contributed by atoms with Crippen molar-refractivity contribution in [3.63, 3.8) is 0 Å². The third kappa shape index (κ3) is 7.93. The molecule has 1 aliphatic rings. The molecule has 0 atom stereocenters. The summed E-state index contributed by atoms with van der Waals surface area (Å²) in [6.45, 7) is 1.37. The molecule has 7 rings (SSSR count). The molecule has 15 nitrogen and oxygen atoms in total. The lowest BCUT2D eigenvalue weighted by atomic mass is 10.1. The van der Waals surface area contributed by atoms with Gasteiger partial charge in [-0.25, -0.2) is 48.4 Å². The van der Waals surface area contributed by atoms with Gasteiger partial charge in [-0.2, -0.15) is 15.5 Å². The summed E-state index contributed by atoms with van der Waals surface area (Å²) in [5.74, 6) is -1.37. The van der Waals surface area contributed by atoms with E-state index in [2.05, 4.69) is 16.3 Å². The summed E-state index contributed by atoms with van der Waals surface area (Å²) in [5.41, 5.74) is 2.26. The van der Waals surface area contributed by atoms with Crippen LogP contribution in [0.5, 0.6) is 5.75 Å². The average Bonchev–Trinajstić information content (AvgIpc) is 3.86. The third-order valence-corrected chi connectivity index (χ3v) is 10.3. The van der Waals surface area contributed by atoms with E-state index in [-0.39, 0.29) is 40.0 Å². The Bertz CT molecular complexity index is 2600. The molecular weight excluding hydrogens is 771 g/mol. The molecule has 0 saturated carbocycles. The number of hydrogen-bond acceptors (Lipinski definition) is 11. The second-order valence-corrected chi connectivity index (χ2v) is 14.2. The van der Waals surface area contributed by atoms with Crippen molar-refractivity contribution < 1.29 is 39.9 Å². The summed E-state index contributed by atoms with van der Waals surface area (Å²) in [4.78, 5) is 14.9. The van der Waals surface area contributed by atoms with Gasteiger partial charge in [-0.05, 0) is 84.4 Å². The van der Waals surface area contributed by atoms with Crippen molar-refractivity contribution in [2.75, 3.05) is 28.8 Å². The van der Waals surface area contributed by atoms with Crippen LogP contribution in [0.4, 0.5) is 31.5 Å².